The minimum atomic E-state index is -4.08. The van der Waals surface area contributed by atoms with Gasteiger partial charge in [-0.2, -0.15) is 0 Å². The molecule has 4 rings (SSSR count). The molecule has 3 aromatic carbocycles. The molecule has 0 aliphatic heterocycles. The number of anilines is 1. The van der Waals surface area contributed by atoms with Crippen LogP contribution < -0.4 is 9.62 Å². The molecule has 0 radical (unpaired) electrons. The second-order valence-corrected chi connectivity index (χ2v) is 13.5. The zero-order valence-electron chi connectivity index (χ0n) is 25.1. The highest BCUT2D eigenvalue weighted by Gasteiger charge is 2.33. The summed E-state index contributed by atoms with van der Waals surface area (Å²) in [5.41, 5.74) is 3.37. The highest BCUT2D eigenvalue weighted by atomic mass is 32.2. The van der Waals surface area contributed by atoms with Crippen LogP contribution in [0.2, 0.25) is 0 Å². The number of benzene rings is 3. The van der Waals surface area contributed by atoms with Crippen molar-refractivity contribution in [2.45, 2.75) is 89.2 Å². The molecule has 7 nitrogen and oxygen atoms in total. The summed E-state index contributed by atoms with van der Waals surface area (Å²) in [5.74, 6) is -0.398. The standard InChI is InChI=1S/C34H43N3O4S/c1-25(2)29-18-20-31(21-19-29)37(42(40,41)32-16-9-6-10-17-32)24-33(38)36(23-28-13-11-12-26(3)22-28)27(4)34(39)35-30-14-7-5-8-15-30/h6,9-13,16-22,25,27,30H,5,7-8,14-15,23-24H2,1-4H3,(H,35,39)/t27-/m0/s1. The maximum absolute atomic E-state index is 14.1. The number of sulfonamides is 1. The Kier molecular flexibility index (Phi) is 10.4. The first-order valence-electron chi connectivity index (χ1n) is 14.9. The number of hydrogen-bond acceptors (Lipinski definition) is 4. The van der Waals surface area contributed by atoms with Gasteiger partial charge in [-0.1, -0.05) is 93.3 Å². The number of amides is 2. The molecule has 0 aromatic heterocycles. The minimum Gasteiger partial charge on any atom is -0.352 e. The Labute approximate surface area is 251 Å². The highest BCUT2D eigenvalue weighted by molar-refractivity contribution is 7.92. The van der Waals surface area contributed by atoms with E-state index in [0.717, 1.165) is 46.7 Å². The van der Waals surface area contributed by atoms with Crippen LogP contribution in [0.15, 0.2) is 83.8 Å². The second-order valence-electron chi connectivity index (χ2n) is 11.6. The van der Waals surface area contributed by atoms with E-state index < -0.39 is 28.5 Å². The van der Waals surface area contributed by atoms with Crippen LogP contribution in [0.25, 0.3) is 0 Å². The zero-order chi connectivity index (χ0) is 30.3. The van der Waals surface area contributed by atoms with Gasteiger partial charge in [-0.25, -0.2) is 8.42 Å². The predicted molar refractivity (Wildman–Crippen MR) is 168 cm³/mol. The normalized spacial score (nSPS) is 14.8. The molecule has 0 saturated heterocycles. The van der Waals surface area contributed by atoms with Crippen LogP contribution in [-0.4, -0.2) is 43.8 Å². The van der Waals surface area contributed by atoms with Crippen LogP contribution in [0.5, 0.6) is 0 Å². The van der Waals surface area contributed by atoms with E-state index in [1.54, 1.807) is 37.3 Å². The monoisotopic (exact) mass is 589 g/mol. The summed E-state index contributed by atoms with van der Waals surface area (Å²) in [6, 6.07) is 22.5. The summed E-state index contributed by atoms with van der Waals surface area (Å²) in [6.07, 6.45) is 5.18. The van der Waals surface area contributed by atoms with Crippen LogP contribution in [0.1, 0.15) is 75.5 Å². The van der Waals surface area contributed by atoms with Crippen LogP contribution in [0.4, 0.5) is 5.69 Å². The Morgan fingerprint density at radius 2 is 1.55 bits per heavy atom. The van der Waals surface area contributed by atoms with Gasteiger partial charge >= 0.3 is 0 Å². The SMILES string of the molecule is Cc1cccc(CN(C(=O)CN(c2ccc(C(C)C)cc2)S(=O)(=O)c2ccccc2)[C@@H](C)C(=O)NC2CCCCC2)c1. The fourth-order valence-corrected chi connectivity index (χ4v) is 6.87. The van der Waals surface area contributed by atoms with Crippen LogP contribution in [-0.2, 0) is 26.2 Å². The molecule has 42 heavy (non-hydrogen) atoms. The Hall–Kier alpha value is -3.65. The van der Waals surface area contributed by atoms with Crippen molar-refractivity contribution in [2.24, 2.45) is 0 Å². The molecule has 0 heterocycles. The number of carbonyl (C=O) groups is 2. The van der Waals surface area contributed by atoms with Gasteiger partial charge in [-0.05, 0) is 68.0 Å². The Morgan fingerprint density at radius 3 is 2.17 bits per heavy atom. The van der Waals surface area contributed by atoms with Gasteiger partial charge in [-0.3, -0.25) is 13.9 Å². The topological polar surface area (TPSA) is 86.8 Å². The van der Waals surface area contributed by atoms with E-state index >= 15 is 0 Å². The number of nitrogens with zero attached hydrogens (tertiary/aromatic N) is 2. The molecule has 8 heteroatoms. The third-order valence-electron chi connectivity index (χ3n) is 8.01. The predicted octanol–water partition coefficient (Wildman–Crippen LogP) is 6.18. The Morgan fingerprint density at radius 1 is 0.881 bits per heavy atom. The smallest absolute Gasteiger partial charge is 0.264 e. The minimum absolute atomic E-state index is 0.0963. The molecule has 1 saturated carbocycles. The highest BCUT2D eigenvalue weighted by Crippen LogP contribution is 2.27. The van der Waals surface area contributed by atoms with Crippen LogP contribution >= 0.6 is 0 Å². The van der Waals surface area contributed by atoms with Crippen molar-refractivity contribution in [3.63, 3.8) is 0 Å². The van der Waals surface area contributed by atoms with Gasteiger partial charge in [0, 0.05) is 12.6 Å². The van der Waals surface area contributed by atoms with Gasteiger partial charge < -0.3 is 10.2 Å². The van der Waals surface area contributed by atoms with E-state index in [0.29, 0.717) is 5.69 Å². The summed E-state index contributed by atoms with van der Waals surface area (Å²) in [7, 11) is -4.08. The molecule has 224 valence electrons. The summed E-state index contributed by atoms with van der Waals surface area (Å²) in [6.45, 7) is 7.58. The fraction of sp³-hybridized carbons (Fsp3) is 0.412. The van der Waals surface area contributed by atoms with E-state index in [2.05, 4.69) is 19.2 Å². The molecule has 2 amide bonds. The van der Waals surface area contributed by atoms with Crippen molar-refractivity contribution in [2.75, 3.05) is 10.8 Å². The maximum atomic E-state index is 14.1. The molecule has 0 spiro atoms. The summed E-state index contributed by atoms with van der Waals surface area (Å²) < 4.78 is 29.1. The maximum Gasteiger partial charge on any atom is 0.264 e. The lowest BCUT2D eigenvalue weighted by molar-refractivity contribution is -0.139. The molecule has 1 fully saturated rings. The number of hydrogen-bond donors (Lipinski definition) is 1. The summed E-state index contributed by atoms with van der Waals surface area (Å²) >= 11 is 0. The van der Waals surface area contributed by atoms with Crippen molar-refractivity contribution in [1.29, 1.82) is 0 Å². The van der Waals surface area contributed by atoms with Crippen molar-refractivity contribution in [1.82, 2.24) is 10.2 Å². The molecule has 0 unspecified atom stereocenters. The zero-order valence-corrected chi connectivity index (χ0v) is 25.9. The molecular formula is C34H43N3O4S. The lowest BCUT2D eigenvalue weighted by Crippen LogP contribution is -2.53. The van der Waals surface area contributed by atoms with Gasteiger partial charge in [0.1, 0.15) is 12.6 Å². The van der Waals surface area contributed by atoms with E-state index in [-0.39, 0.29) is 29.3 Å². The molecule has 1 aliphatic carbocycles. The molecule has 1 atom stereocenters. The number of rotatable bonds is 11. The largest absolute Gasteiger partial charge is 0.352 e. The third-order valence-corrected chi connectivity index (χ3v) is 9.80. The Balaban J connectivity index is 1.68. The first-order valence-corrected chi connectivity index (χ1v) is 16.3. The Bertz CT molecular complexity index is 1450. The number of carbonyl (C=O) groups excluding carboxylic acids is 2. The van der Waals surface area contributed by atoms with E-state index in [4.69, 9.17) is 0 Å². The van der Waals surface area contributed by atoms with E-state index in [1.165, 1.54) is 23.5 Å². The second kappa shape index (κ2) is 14.0. The molecular weight excluding hydrogens is 546 g/mol. The average Bonchev–Trinajstić information content (AvgIpc) is 2.99. The van der Waals surface area contributed by atoms with Gasteiger partial charge in [0.2, 0.25) is 11.8 Å². The van der Waals surface area contributed by atoms with Crippen molar-refractivity contribution >= 4 is 27.5 Å². The quantitative estimate of drug-likeness (QED) is 0.289. The summed E-state index contributed by atoms with van der Waals surface area (Å²) in [4.78, 5) is 29.2. The van der Waals surface area contributed by atoms with Gasteiger partial charge in [0.05, 0.1) is 10.6 Å². The first-order chi connectivity index (χ1) is 20.1. The molecule has 3 aromatic rings. The van der Waals surface area contributed by atoms with Crippen molar-refractivity contribution in [3.8, 4) is 0 Å². The summed E-state index contributed by atoms with van der Waals surface area (Å²) in [5, 5.41) is 3.14. The van der Waals surface area contributed by atoms with Crippen LogP contribution in [0, 0.1) is 6.92 Å². The van der Waals surface area contributed by atoms with Gasteiger partial charge in [0.25, 0.3) is 10.0 Å². The van der Waals surface area contributed by atoms with Crippen molar-refractivity contribution < 1.29 is 18.0 Å². The van der Waals surface area contributed by atoms with Gasteiger partial charge in [-0.15, -0.1) is 0 Å². The van der Waals surface area contributed by atoms with Crippen LogP contribution in [0.3, 0.4) is 0 Å². The van der Waals surface area contributed by atoms with E-state index in [1.807, 2.05) is 43.3 Å². The lowest BCUT2D eigenvalue weighted by Gasteiger charge is -2.33. The third kappa shape index (κ3) is 7.79. The molecule has 0 bridgehead atoms. The number of aryl methyl sites for hydroxylation is 1. The average molecular weight is 590 g/mol. The fourth-order valence-electron chi connectivity index (χ4n) is 5.43. The first kappa shape index (κ1) is 31.3. The lowest BCUT2D eigenvalue weighted by atomic mass is 9.95. The molecule has 1 aliphatic rings. The van der Waals surface area contributed by atoms with Crippen molar-refractivity contribution in [3.05, 3.63) is 95.6 Å². The van der Waals surface area contributed by atoms with Gasteiger partial charge in [0.15, 0.2) is 0 Å². The number of nitrogens with one attached hydrogen (secondary N) is 1. The molecule has 1 N–H and O–H groups in total. The van der Waals surface area contributed by atoms with E-state index in [9.17, 15) is 18.0 Å².